The summed E-state index contributed by atoms with van der Waals surface area (Å²) >= 11 is 0. The highest BCUT2D eigenvalue weighted by Crippen LogP contribution is 2.40. The minimum Gasteiger partial charge on any atom is -0.504 e. The van der Waals surface area contributed by atoms with Gasteiger partial charge in [-0.3, -0.25) is 10.3 Å². The van der Waals surface area contributed by atoms with Gasteiger partial charge in [0.25, 0.3) is 0 Å². The Morgan fingerprint density at radius 3 is 2.43 bits per heavy atom. The molecule has 1 atom stereocenters. The lowest BCUT2D eigenvalue weighted by Gasteiger charge is -2.45. The number of benzene rings is 2. The van der Waals surface area contributed by atoms with Crippen LogP contribution in [0.5, 0.6) is 17.2 Å². The van der Waals surface area contributed by atoms with Crippen LogP contribution in [-0.4, -0.2) is 60.4 Å². The van der Waals surface area contributed by atoms with Gasteiger partial charge in [-0.15, -0.1) is 0 Å². The molecule has 188 valence electrons. The maximum atomic E-state index is 12.3. The third-order valence-electron chi connectivity index (χ3n) is 6.51. The van der Waals surface area contributed by atoms with Crippen LogP contribution in [0.1, 0.15) is 57.2 Å². The normalized spacial score (nSPS) is 19.2. The molecule has 1 amide bonds. The van der Waals surface area contributed by atoms with Gasteiger partial charge < -0.3 is 24.2 Å². The van der Waals surface area contributed by atoms with E-state index in [9.17, 15) is 9.90 Å². The van der Waals surface area contributed by atoms with Gasteiger partial charge in [-0.05, 0) is 56.7 Å². The molecule has 4 rings (SSSR count). The number of phenolic OH excluding ortho intramolecular Hbond substituents is 1. The van der Waals surface area contributed by atoms with Gasteiger partial charge in [-0.2, -0.15) is 0 Å². The molecule has 2 aromatic carbocycles. The average molecular weight is 482 g/mol. The molecule has 0 aromatic heterocycles. The van der Waals surface area contributed by atoms with Crippen LogP contribution >= 0.6 is 0 Å². The largest absolute Gasteiger partial charge is 0.504 e. The number of phenols is 1. The van der Waals surface area contributed by atoms with Gasteiger partial charge in [-0.25, -0.2) is 4.79 Å². The third kappa shape index (κ3) is 5.53. The van der Waals surface area contributed by atoms with Crippen LogP contribution < -0.4 is 14.8 Å². The summed E-state index contributed by atoms with van der Waals surface area (Å²) in [6.07, 6.45) is 1.62. The number of amides is 1. The number of carbonyl (C=O) groups is 1. The highest BCUT2D eigenvalue weighted by atomic mass is 16.6. The summed E-state index contributed by atoms with van der Waals surface area (Å²) in [7, 11) is 0. The Kier molecular flexibility index (Phi) is 7.80. The molecule has 1 fully saturated rings. The first kappa shape index (κ1) is 24.9. The number of ether oxygens (including phenoxy) is 3. The monoisotopic (exact) mass is 481 g/mol. The summed E-state index contributed by atoms with van der Waals surface area (Å²) in [6.45, 7) is 8.21. The van der Waals surface area contributed by atoms with E-state index in [4.69, 9.17) is 19.2 Å². The fourth-order valence-corrected chi connectivity index (χ4v) is 4.81. The fourth-order valence-electron chi connectivity index (χ4n) is 4.81. The fraction of sp³-hybridized carbons (Fsp3) is 0.481. The predicted octanol–water partition coefficient (Wildman–Crippen LogP) is 4.66. The summed E-state index contributed by atoms with van der Waals surface area (Å²) in [4.78, 5) is 19.2. The molecular weight excluding hydrogens is 446 g/mol. The number of likely N-dealkylation sites (tertiary alicyclic amines) is 1. The lowest BCUT2D eigenvalue weighted by Crippen LogP contribution is -2.56. The summed E-state index contributed by atoms with van der Waals surface area (Å²) in [6, 6.07) is 13.4. The zero-order valence-electron chi connectivity index (χ0n) is 20.8. The SMILES string of the molecule is CCOC(=O)N1CCC2(CC1)N=C(c1ccc(OCC)cc1)C[C@@H](c1cccc(OCC)c1O)N2. The van der Waals surface area contributed by atoms with Gasteiger partial charge in [0, 0.05) is 49.7 Å². The zero-order chi connectivity index (χ0) is 24.8. The lowest BCUT2D eigenvalue weighted by molar-refractivity contribution is 0.0778. The summed E-state index contributed by atoms with van der Waals surface area (Å²) < 4.78 is 16.4. The molecule has 0 bridgehead atoms. The van der Waals surface area contributed by atoms with Crippen LogP contribution in [0.15, 0.2) is 47.5 Å². The molecule has 2 aliphatic heterocycles. The van der Waals surface area contributed by atoms with E-state index in [-0.39, 0.29) is 17.9 Å². The molecule has 2 aromatic rings. The van der Waals surface area contributed by atoms with Crippen molar-refractivity contribution < 1.29 is 24.1 Å². The second kappa shape index (κ2) is 11.0. The number of hydrogen-bond acceptors (Lipinski definition) is 7. The van der Waals surface area contributed by atoms with Crippen molar-refractivity contribution in [1.29, 1.82) is 0 Å². The molecule has 1 saturated heterocycles. The topological polar surface area (TPSA) is 92.6 Å². The van der Waals surface area contributed by atoms with E-state index < -0.39 is 5.66 Å². The number of nitrogens with one attached hydrogen (secondary N) is 1. The highest BCUT2D eigenvalue weighted by Gasteiger charge is 2.41. The molecule has 2 N–H and O–H groups in total. The summed E-state index contributed by atoms with van der Waals surface area (Å²) in [5.41, 5.74) is 2.21. The van der Waals surface area contributed by atoms with Crippen molar-refractivity contribution in [1.82, 2.24) is 10.2 Å². The number of piperidine rings is 1. The number of aromatic hydroxyl groups is 1. The van der Waals surface area contributed by atoms with Crippen LogP contribution in [0.2, 0.25) is 0 Å². The van der Waals surface area contributed by atoms with E-state index >= 15 is 0 Å². The molecule has 8 heteroatoms. The van der Waals surface area contributed by atoms with Crippen LogP contribution in [0.25, 0.3) is 0 Å². The molecule has 0 unspecified atom stereocenters. The maximum absolute atomic E-state index is 12.3. The molecule has 35 heavy (non-hydrogen) atoms. The average Bonchev–Trinajstić information content (AvgIpc) is 2.86. The molecule has 1 spiro atoms. The van der Waals surface area contributed by atoms with Crippen molar-refractivity contribution in [3.8, 4) is 17.2 Å². The van der Waals surface area contributed by atoms with Crippen molar-refractivity contribution in [3.63, 3.8) is 0 Å². The van der Waals surface area contributed by atoms with Gasteiger partial charge in [0.15, 0.2) is 11.5 Å². The van der Waals surface area contributed by atoms with E-state index in [1.54, 1.807) is 11.0 Å². The smallest absolute Gasteiger partial charge is 0.409 e. The molecular formula is C27H35N3O5. The van der Waals surface area contributed by atoms with Crippen molar-refractivity contribution in [3.05, 3.63) is 53.6 Å². The number of carbonyl (C=O) groups excluding carboxylic acids is 1. The van der Waals surface area contributed by atoms with Gasteiger partial charge in [-0.1, -0.05) is 12.1 Å². The Morgan fingerprint density at radius 1 is 1.06 bits per heavy atom. The Balaban J connectivity index is 1.66. The Hall–Kier alpha value is -3.26. The van der Waals surface area contributed by atoms with Crippen molar-refractivity contribution in [2.24, 2.45) is 4.99 Å². The first-order chi connectivity index (χ1) is 17.0. The second-order valence-corrected chi connectivity index (χ2v) is 8.76. The maximum Gasteiger partial charge on any atom is 0.409 e. The van der Waals surface area contributed by atoms with E-state index in [1.807, 2.05) is 57.2 Å². The quantitative estimate of drug-likeness (QED) is 0.598. The molecule has 2 aliphatic rings. The molecule has 0 radical (unpaired) electrons. The molecule has 8 nitrogen and oxygen atoms in total. The second-order valence-electron chi connectivity index (χ2n) is 8.76. The van der Waals surface area contributed by atoms with Gasteiger partial charge in [0.2, 0.25) is 0 Å². The first-order valence-corrected chi connectivity index (χ1v) is 12.4. The number of aliphatic imine (C=N–C) groups is 1. The van der Waals surface area contributed by atoms with E-state index in [1.165, 1.54) is 0 Å². The van der Waals surface area contributed by atoms with Crippen molar-refractivity contribution >= 4 is 11.8 Å². The number of para-hydroxylation sites is 1. The molecule has 2 heterocycles. The third-order valence-corrected chi connectivity index (χ3v) is 6.51. The van der Waals surface area contributed by atoms with Crippen LogP contribution in [-0.2, 0) is 4.74 Å². The molecule has 0 aliphatic carbocycles. The minimum atomic E-state index is -0.548. The summed E-state index contributed by atoms with van der Waals surface area (Å²) in [5, 5.41) is 14.7. The predicted molar refractivity (Wildman–Crippen MR) is 134 cm³/mol. The lowest BCUT2D eigenvalue weighted by atomic mass is 9.87. The van der Waals surface area contributed by atoms with Crippen LogP contribution in [0, 0.1) is 0 Å². The van der Waals surface area contributed by atoms with E-state index in [0.29, 0.717) is 57.9 Å². The highest BCUT2D eigenvalue weighted by molar-refractivity contribution is 6.02. The van der Waals surface area contributed by atoms with Crippen LogP contribution in [0.3, 0.4) is 0 Å². The van der Waals surface area contributed by atoms with Crippen molar-refractivity contribution in [2.75, 3.05) is 32.9 Å². The van der Waals surface area contributed by atoms with E-state index in [2.05, 4.69) is 5.32 Å². The Bertz CT molecular complexity index is 1050. The van der Waals surface area contributed by atoms with E-state index in [0.717, 1.165) is 22.6 Å². The zero-order valence-corrected chi connectivity index (χ0v) is 20.8. The first-order valence-electron chi connectivity index (χ1n) is 12.4. The van der Waals surface area contributed by atoms with Crippen molar-refractivity contribution in [2.45, 2.75) is 51.7 Å². The minimum absolute atomic E-state index is 0.152. The van der Waals surface area contributed by atoms with Crippen LogP contribution in [0.4, 0.5) is 4.79 Å². The van der Waals surface area contributed by atoms with Gasteiger partial charge in [0.1, 0.15) is 11.4 Å². The number of rotatable bonds is 7. The Morgan fingerprint density at radius 2 is 1.77 bits per heavy atom. The number of hydrogen-bond donors (Lipinski definition) is 2. The summed E-state index contributed by atoms with van der Waals surface area (Å²) in [5.74, 6) is 1.45. The van der Waals surface area contributed by atoms with Gasteiger partial charge in [0.05, 0.1) is 19.8 Å². The van der Waals surface area contributed by atoms with Gasteiger partial charge >= 0.3 is 6.09 Å². The Labute approximate surface area is 206 Å². The standard InChI is InChI=1S/C27H35N3O5/c1-4-33-20-12-10-19(11-13-20)22-18-23(21-8-7-9-24(25(21)31)34-5-2)29-27(28-22)14-16-30(17-15-27)26(32)35-6-3/h7-13,23,29,31H,4-6,14-18H2,1-3H3/t23-/m0/s1. The molecule has 0 saturated carbocycles. The number of nitrogens with zero attached hydrogens (tertiary/aromatic N) is 2.